The quantitative estimate of drug-likeness (QED) is 0.699. The number of nitriles is 1. The van der Waals surface area contributed by atoms with Crippen molar-refractivity contribution >= 4 is 11.7 Å². The van der Waals surface area contributed by atoms with E-state index < -0.39 is 0 Å². The first-order valence-electron chi connectivity index (χ1n) is 3.57. The maximum atomic E-state index is 8.55. The SMILES string of the molecule is N#Cc1cnn(Cc2cnsn2)c1. The Balaban J connectivity index is 2.15. The highest BCUT2D eigenvalue weighted by Crippen LogP contribution is 2.00. The minimum absolute atomic E-state index is 0.559. The molecule has 13 heavy (non-hydrogen) atoms. The molecule has 0 aliphatic rings. The number of hydrogen-bond acceptors (Lipinski definition) is 5. The molecule has 0 aromatic carbocycles. The lowest BCUT2D eigenvalue weighted by molar-refractivity contribution is 0.677. The van der Waals surface area contributed by atoms with Crippen LogP contribution in [0.25, 0.3) is 0 Å². The van der Waals surface area contributed by atoms with Gasteiger partial charge in [-0.05, 0) is 0 Å². The molecular formula is C7H5N5S. The molecular weight excluding hydrogens is 186 g/mol. The van der Waals surface area contributed by atoms with Crippen LogP contribution in [0.15, 0.2) is 18.6 Å². The minimum Gasteiger partial charge on any atom is -0.265 e. The van der Waals surface area contributed by atoms with E-state index in [2.05, 4.69) is 13.8 Å². The first-order valence-corrected chi connectivity index (χ1v) is 4.30. The fraction of sp³-hybridized carbons (Fsp3) is 0.143. The molecule has 2 aromatic heterocycles. The molecule has 0 saturated carbocycles. The average Bonchev–Trinajstić information content (AvgIpc) is 2.76. The van der Waals surface area contributed by atoms with Crippen LogP contribution in [0.1, 0.15) is 11.3 Å². The third-order valence-electron chi connectivity index (χ3n) is 1.49. The summed E-state index contributed by atoms with van der Waals surface area (Å²) in [5.41, 5.74) is 1.42. The molecule has 0 radical (unpaired) electrons. The van der Waals surface area contributed by atoms with Crippen molar-refractivity contribution in [1.82, 2.24) is 18.5 Å². The van der Waals surface area contributed by atoms with Crippen molar-refractivity contribution in [3.05, 3.63) is 29.8 Å². The first kappa shape index (κ1) is 7.89. The van der Waals surface area contributed by atoms with Gasteiger partial charge in [0, 0.05) is 6.20 Å². The second-order valence-electron chi connectivity index (χ2n) is 2.44. The van der Waals surface area contributed by atoms with Gasteiger partial charge in [0.05, 0.1) is 41.9 Å². The lowest BCUT2D eigenvalue weighted by Crippen LogP contribution is -1.99. The molecule has 6 heteroatoms. The normalized spacial score (nSPS) is 9.77. The highest BCUT2D eigenvalue weighted by molar-refractivity contribution is 6.99. The molecule has 2 heterocycles. The van der Waals surface area contributed by atoms with Crippen LogP contribution in [0.5, 0.6) is 0 Å². The number of hydrogen-bond donors (Lipinski definition) is 0. The zero-order chi connectivity index (χ0) is 9.10. The monoisotopic (exact) mass is 191 g/mol. The van der Waals surface area contributed by atoms with Gasteiger partial charge in [0.1, 0.15) is 6.07 Å². The zero-order valence-electron chi connectivity index (χ0n) is 6.58. The molecule has 0 bridgehead atoms. The molecule has 2 aromatic rings. The number of rotatable bonds is 2. The standard InChI is InChI=1S/C7H5N5S/c8-1-6-2-9-12(4-6)5-7-3-10-13-11-7/h2-4H,5H2. The number of nitrogens with zero attached hydrogens (tertiary/aromatic N) is 5. The molecule has 2 rings (SSSR count). The van der Waals surface area contributed by atoms with Gasteiger partial charge < -0.3 is 0 Å². The summed E-state index contributed by atoms with van der Waals surface area (Å²) in [6, 6.07) is 2.01. The zero-order valence-corrected chi connectivity index (χ0v) is 7.40. The van der Waals surface area contributed by atoms with Crippen molar-refractivity contribution in [2.24, 2.45) is 0 Å². The summed E-state index contributed by atoms with van der Waals surface area (Å²) in [7, 11) is 0. The van der Waals surface area contributed by atoms with E-state index in [1.807, 2.05) is 6.07 Å². The van der Waals surface area contributed by atoms with Crippen molar-refractivity contribution in [2.45, 2.75) is 6.54 Å². The summed E-state index contributed by atoms with van der Waals surface area (Å²) in [6.45, 7) is 0.568. The second kappa shape index (κ2) is 3.33. The Morgan fingerprint density at radius 2 is 2.46 bits per heavy atom. The van der Waals surface area contributed by atoms with Crippen LogP contribution in [0.3, 0.4) is 0 Å². The summed E-state index contributed by atoms with van der Waals surface area (Å²) < 4.78 is 9.57. The lowest BCUT2D eigenvalue weighted by Gasteiger charge is -1.93. The Morgan fingerprint density at radius 3 is 3.08 bits per heavy atom. The molecule has 0 spiro atoms. The van der Waals surface area contributed by atoms with Crippen molar-refractivity contribution in [2.75, 3.05) is 0 Å². The van der Waals surface area contributed by atoms with Crippen molar-refractivity contribution in [3.8, 4) is 6.07 Å². The van der Waals surface area contributed by atoms with Crippen molar-refractivity contribution < 1.29 is 0 Å². The van der Waals surface area contributed by atoms with Crippen LogP contribution in [0, 0.1) is 11.3 Å². The van der Waals surface area contributed by atoms with Crippen LogP contribution >= 0.6 is 11.7 Å². The Kier molecular flexibility index (Phi) is 2.02. The van der Waals surface area contributed by atoms with Gasteiger partial charge in [-0.3, -0.25) is 4.68 Å². The van der Waals surface area contributed by atoms with Crippen LogP contribution in [-0.4, -0.2) is 18.5 Å². The molecule has 0 saturated heterocycles. The topological polar surface area (TPSA) is 67.4 Å². The van der Waals surface area contributed by atoms with E-state index in [0.29, 0.717) is 12.1 Å². The van der Waals surface area contributed by atoms with E-state index in [9.17, 15) is 0 Å². The van der Waals surface area contributed by atoms with E-state index in [1.165, 1.54) is 17.9 Å². The summed E-state index contributed by atoms with van der Waals surface area (Å²) >= 11 is 1.17. The summed E-state index contributed by atoms with van der Waals surface area (Å²) in [5, 5.41) is 12.5. The molecule has 0 N–H and O–H groups in total. The van der Waals surface area contributed by atoms with Crippen LogP contribution in [0.4, 0.5) is 0 Å². The fourth-order valence-corrected chi connectivity index (χ4v) is 1.35. The average molecular weight is 191 g/mol. The highest BCUT2D eigenvalue weighted by Gasteiger charge is 2.00. The molecule has 0 aliphatic heterocycles. The third kappa shape index (κ3) is 1.71. The molecule has 0 aliphatic carbocycles. The maximum absolute atomic E-state index is 8.55. The van der Waals surface area contributed by atoms with Crippen LogP contribution in [-0.2, 0) is 6.54 Å². The van der Waals surface area contributed by atoms with Crippen molar-refractivity contribution in [3.63, 3.8) is 0 Å². The summed E-state index contributed by atoms with van der Waals surface area (Å²) in [5.74, 6) is 0. The van der Waals surface area contributed by atoms with Gasteiger partial charge in [0.2, 0.25) is 0 Å². The van der Waals surface area contributed by atoms with Gasteiger partial charge in [-0.25, -0.2) is 0 Å². The Bertz CT molecular complexity index is 424. The first-order chi connectivity index (χ1) is 6.38. The molecule has 0 fully saturated rings. The van der Waals surface area contributed by atoms with Crippen molar-refractivity contribution in [1.29, 1.82) is 5.26 Å². The van der Waals surface area contributed by atoms with Crippen LogP contribution < -0.4 is 0 Å². The number of aromatic nitrogens is 4. The minimum atomic E-state index is 0.559. The van der Waals surface area contributed by atoms with Gasteiger partial charge in [-0.1, -0.05) is 0 Å². The summed E-state index contributed by atoms with van der Waals surface area (Å²) in [4.78, 5) is 0. The second-order valence-corrected chi connectivity index (χ2v) is 2.99. The van der Waals surface area contributed by atoms with E-state index >= 15 is 0 Å². The van der Waals surface area contributed by atoms with Gasteiger partial charge in [0.25, 0.3) is 0 Å². The van der Waals surface area contributed by atoms with Gasteiger partial charge in [-0.15, -0.1) is 0 Å². The van der Waals surface area contributed by atoms with E-state index in [1.54, 1.807) is 17.1 Å². The van der Waals surface area contributed by atoms with Gasteiger partial charge >= 0.3 is 0 Å². The van der Waals surface area contributed by atoms with E-state index in [4.69, 9.17) is 5.26 Å². The summed E-state index contributed by atoms with van der Waals surface area (Å²) in [6.07, 6.45) is 4.90. The fourth-order valence-electron chi connectivity index (χ4n) is 0.927. The Labute approximate surface area is 78.6 Å². The van der Waals surface area contributed by atoms with E-state index in [-0.39, 0.29) is 0 Å². The van der Waals surface area contributed by atoms with Gasteiger partial charge in [0.15, 0.2) is 0 Å². The molecule has 0 unspecified atom stereocenters. The van der Waals surface area contributed by atoms with Gasteiger partial charge in [-0.2, -0.15) is 19.1 Å². The lowest BCUT2D eigenvalue weighted by atomic mass is 10.4. The molecule has 5 nitrogen and oxygen atoms in total. The largest absolute Gasteiger partial charge is 0.265 e. The third-order valence-corrected chi connectivity index (χ3v) is 2.01. The smallest absolute Gasteiger partial charge is 0.102 e. The predicted molar refractivity (Wildman–Crippen MR) is 46.0 cm³/mol. The predicted octanol–water partition coefficient (Wildman–Crippen LogP) is 0.655. The molecule has 0 amide bonds. The molecule has 64 valence electrons. The molecule has 0 atom stereocenters. The Morgan fingerprint density at radius 1 is 1.54 bits per heavy atom. The Hall–Kier alpha value is -1.74. The highest BCUT2D eigenvalue weighted by atomic mass is 32.1. The van der Waals surface area contributed by atoms with E-state index in [0.717, 1.165) is 5.69 Å². The van der Waals surface area contributed by atoms with Crippen LogP contribution in [0.2, 0.25) is 0 Å². The maximum Gasteiger partial charge on any atom is 0.102 e.